The molecule has 0 radical (unpaired) electrons. The predicted octanol–water partition coefficient (Wildman–Crippen LogP) is 0.856. The molecule has 1 amide bonds. The molecule has 18 heavy (non-hydrogen) atoms. The monoisotopic (exact) mass is 254 g/mol. The molecule has 1 N–H and O–H groups in total. The summed E-state index contributed by atoms with van der Waals surface area (Å²) in [4.78, 5) is 30.8. The number of nitro groups is 1. The third-order valence-corrected chi connectivity index (χ3v) is 1.80. The Labute approximate surface area is 102 Å². The SMILES string of the molecule is O=CNCCOC(=O)Oc1ccc([N+](=O)[O-])cc1. The van der Waals surface area contributed by atoms with Crippen LogP contribution in [-0.4, -0.2) is 30.6 Å². The van der Waals surface area contributed by atoms with E-state index < -0.39 is 11.1 Å². The number of carbonyl (C=O) groups excluding carboxylic acids is 2. The Morgan fingerprint density at radius 3 is 2.61 bits per heavy atom. The van der Waals surface area contributed by atoms with Gasteiger partial charge >= 0.3 is 6.16 Å². The van der Waals surface area contributed by atoms with Crippen molar-refractivity contribution in [3.05, 3.63) is 34.4 Å². The Balaban J connectivity index is 2.39. The van der Waals surface area contributed by atoms with Gasteiger partial charge in [-0.05, 0) is 12.1 Å². The van der Waals surface area contributed by atoms with E-state index in [1.54, 1.807) is 0 Å². The molecule has 0 saturated heterocycles. The lowest BCUT2D eigenvalue weighted by Gasteiger charge is -2.05. The summed E-state index contributed by atoms with van der Waals surface area (Å²) in [6.07, 6.45) is -0.470. The molecule has 1 aromatic carbocycles. The van der Waals surface area contributed by atoms with Crippen LogP contribution in [0.3, 0.4) is 0 Å². The van der Waals surface area contributed by atoms with Crippen molar-refractivity contribution in [3.8, 4) is 5.75 Å². The number of hydrogen-bond acceptors (Lipinski definition) is 6. The summed E-state index contributed by atoms with van der Waals surface area (Å²) in [5.74, 6) is 0.133. The van der Waals surface area contributed by atoms with Crippen LogP contribution in [0, 0.1) is 10.1 Å². The van der Waals surface area contributed by atoms with Crippen molar-refractivity contribution < 1.29 is 24.0 Å². The molecule has 0 saturated carbocycles. The molecular formula is C10H10N2O6. The van der Waals surface area contributed by atoms with Crippen LogP contribution in [0.1, 0.15) is 0 Å². The number of amides is 1. The van der Waals surface area contributed by atoms with Crippen molar-refractivity contribution in [1.82, 2.24) is 5.32 Å². The first-order valence-corrected chi connectivity index (χ1v) is 4.89. The van der Waals surface area contributed by atoms with Gasteiger partial charge in [0.2, 0.25) is 6.41 Å². The van der Waals surface area contributed by atoms with Gasteiger partial charge in [0.15, 0.2) is 0 Å². The minimum Gasteiger partial charge on any atom is -0.432 e. The van der Waals surface area contributed by atoms with E-state index in [2.05, 4.69) is 10.1 Å². The van der Waals surface area contributed by atoms with Crippen molar-refractivity contribution in [2.75, 3.05) is 13.2 Å². The van der Waals surface area contributed by atoms with Gasteiger partial charge in [0.1, 0.15) is 12.4 Å². The molecule has 0 aliphatic heterocycles. The number of ether oxygens (including phenoxy) is 2. The molecule has 8 heteroatoms. The average molecular weight is 254 g/mol. The smallest absolute Gasteiger partial charge is 0.432 e. The van der Waals surface area contributed by atoms with Gasteiger partial charge in [-0.2, -0.15) is 0 Å². The number of benzene rings is 1. The van der Waals surface area contributed by atoms with Gasteiger partial charge in [-0.1, -0.05) is 0 Å². The topological polar surface area (TPSA) is 108 Å². The van der Waals surface area contributed by atoms with E-state index in [4.69, 9.17) is 4.74 Å². The van der Waals surface area contributed by atoms with Crippen LogP contribution < -0.4 is 10.1 Å². The van der Waals surface area contributed by atoms with Crippen molar-refractivity contribution >= 4 is 18.3 Å². The Morgan fingerprint density at radius 1 is 1.39 bits per heavy atom. The zero-order chi connectivity index (χ0) is 13.4. The van der Waals surface area contributed by atoms with Crippen LogP contribution in [0.4, 0.5) is 10.5 Å². The summed E-state index contributed by atoms with van der Waals surface area (Å²) in [6, 6.07) is 4.97. The number of nitrogens with one attached hydrogen (secondary N) is 1. The van der Waals surface area contributed by atoms with E-state index in [1.807, 2.05) is 0 Å². The second-order valence-corrected chi connectivity index (χ2v) is 3.02. The highest BCUT2D eigenvalue weighted by molar-refractivity contribution is 5.64. The molecule has 0 aromatic heterocycles. The Hall–Kier alpha value is -2.64. The molecular weight excluding hydrogens is 244 g/mol. The summed E-state index contributed by atoms with van der Waals surface area (Å²) in [6.45, 7) is 0.156. The van der Waals surface area contributed by atoms with Gasteiger partial charge in [0.05, 0.1) is 11.5 Å². The third-order valence-electron chi connectivity index (χ3n) is 1.80. The molecule has 0 bridgehead atoms. The van der Waals surface area contributed by atoms with Gasteiger partial charge in [0, 0.05) is 12.1 Å². The number of hydrogen-bond donors (Lipinski definition) is 1. The number of nitro benzene ring substituents is 1. The number of nitrogens with zero attached hydrogens (tertiary/aromatic N) is 1. The van der Waals surface area contributed by atoms with Crippen LogP contribution in [-0.2, 0) is 9.53 Å². The van der Waals surface area contributed by atoms with E-state index in [0.29, 0.717) is 6.41 Å². The van der Waals surface area contributed by atoms with E-state index in [9.17, 15) is 19.7 Å². The first-order valence-electron chi connectivity index (χ1n) is 4.89. The maximum Gasteiger partial charge on any atom is 0.513 e. The largest absolute Gasteiger partial charge is 0.513 e. The lowest BCUT2D eigenvalue weighted by atomic mass is 10.3. The number of non-ortho nitro benzene ring substituents is 1. The zero-order valence-corrected chi connectivity index (χ0v) is 9.20. The van der Waals surface area contributed by atoms with Gasteiger partial charge < -0.3 is 14.8 Å². The average Bonchev–Trinajstić information content (AvgIpc) is 2.35. The van der Waals surface area contributed by atoms with E-state index in [1.165, 1.54) is 24.3 Å². The van der Waals surface area contributed by atoms with Crippen molar-refractivity contribution in [1.29, 1.82) is 0 Å². The third kappa shape index (κ3) is 4.47. The van der Waals surface area contributed by atoms with Crippen LogP contribution in [0.15, 0.2) is 24.3 Å². The quantitative estimate of drug-likeness (QED) is 0.201. The molecule has 0 aliphatic carbocycles. The van der Waals surface area contributed by atoms with Crippen LogP contribution in [0.5, 0.6) is 5.75 Å². The molecule has 8 nitrogen and oxygen atoms in total. The van der Waals surface area contributed by atoms with Crippen LogP contribution in [0.2, 0.25) is 0 Å². The molecule has 0 aliphatic rings. The first kappa shape index (κ1) is 13.4. The predicted molar refractivity (Wildman–Crippen MR) is 59.1 cm³/mol. The number of rotatable bonds is 6. The second kappa shape index (κ2) is 6.84. The fourth-order valence-corrected chi connectivity index (χ4v) is 1.01. The van der Waals surface area contributed by atoms with E-state index in [-0.39, 0.29) is 24.6 Å². The lowest BCUT2D eigenvalue weighted by molar-refractivity contribution is -0.384. The molecule has 0 unspecified atom stereocenters. The van der Waals surface area contributed by atoms with Crippen molar-refractivity contribution in [2.24, 2.45) is 0 Å². The Kier molecular flexibility index (Phi) is 5.10. The normalized spacial score (nSPS) is 9.33. The summed E-state index contributed by atoms with van der Waals surface area (Å²) in [7, 11) is 0. The molecule has 0 spiro atoms. The fourth-order valence-electron chi connectivity index (χ4n) is 1.01. The van der Waals surface area contributed by atoms with Gasteiger partial charge in [0.25, 0.3) is 5.69 Å². The summed E-state index contributed by atoms with van der Waals surface area (Å²) in [5.41, 5.74) is -0.106. The van der Waals surface area contributed by atoms with Crippen LogP contribution in [0.25, 0.3) is 0 Å². The highest BCUT2D eigenvalue weighted by Gasteiger charge is 2.08. The molecule has 96 valence electrons. The summed E-state index contributed by atoms with van der Waals surface area (Å²) in [5, 5.41) is 12.7. The zero-order valence-electron chi connectivity index (χ0n) is 9.20. The minimum atomic E-state index is -0.948. The maximum absolute atomic E-state index is 11.1. The molecule has 0 fully saturated rings. The van der Waals surface area contributed by atoms with Crippen molar-refractivity contribution in [2.45, 2.75) is 0 Å². The highest BCUT2D eigenvalue weighted by Crippen LogP contribution is 2.17. The van der Waals surface area contributed by atoms with Gasteiger partial charge in [-0.25, -0.2) is 4.79 Å². The fraction of sp³-hybridized carbons (Fsp3) is 0.200. The van der Waals surface area contributed by atoms with E-state index >= 15 is 0 Å². The molecule has 0 atom stereocenters. The second-order valence-electron chi connectivity index (χ2n) is 3.02. The van der Waals surface area contributed by atoms with Gasteiger partial charge in [-0.3, -0.25) is 14.9 Å². The molecule has 1 rings (SSSR count). The standard InChI is InChI=1S/C10H10N2O6/c13-7-11-5-6-17-10(14)18-9-3-1-8(2-4-9)12(15)16/h1-4,7H,5-6H2,(H,11,13). The first-order chi connectivity index (χ1) is 8.63. The Morgan fingerprint density at radius 2 is 2.06 bits per heavy atom. The van der Waals surface area contributed by atoms with Crippen LogP contribution >= 0.6 is 0 Å². The number of carbonyl (C=O) groups is 2. The summed E-state index contributed by atoms with van der Waals surface area (Å²) >= 11 is 0. The van der Waals surface area contributed by atoms with E-state index in [0.717, 1.165) is 0 Å². The Bertz CT molecular complexity index is 430. The van der Waals surface area contributed by atoms with Crippen molar-refractivity contribution in [3.63, 3.8) is 0 Å². The minimum absolute atomic E-state index is 0.0233. The molecule has 1 aromatic rings. The maximum atomic E-state index is 11.1. The van der Waals surface area contributed by atoms with Gasteiger partial charge in [-0.15, -0.1) is 0 Å². The highest BCUT2D eigenvalue weighted by atomic mass is 16.7. The molecule has 0 heterocycles. The lowest BCUT2D eigenvalue weighted by Crippen LogP contribution is -2.21. The summed E-state index contributed by atoms with van der Waals surface area (Å²) < 4.78 is 9.34.